The second-order valence-electron chi connectivity index (χ2n) is 7.47. The van der Waals surface area contributed by atoms with Crippen LogP contribution in [-0.2, 0) is 16.1 Å². The molecule has 0 fully saturated rings. The fourth-order valence-electron chi connectivity index (χ4n) is 3.26. The van der Waals surface area contributed by atoms with Crippen molar-refractivity contribution in [3.05, 3.63) is 42.2 Å². The van der Waals surface area contributed by atoms with Gasteiger partial charge in [0.15, 0.2) is 0 Å². The molecule has 0 bridgehead atoms. The Kier molecular flexibility index (Phi) is 6.31. The van der Waals surface area contributed by atoms with Crippen LogP contribution in [0.4, 0.5) is 0 Å². The van der Waals surface area contributed by atoms with E-state index < -0.39 is 0 Å². The minimum Gasteiger partial charge on any atom is -0.474 e. The normalized spacial score (nSPS) is 11.0. The first kappa shape index (κ1) is 22.0. The number of aromatic nitrogens is 5. The van der Waals surface area contributed by atoms with Crippen molar-refractivity contribution in [1.82, 2.24) is 24.9 Å². The summed E-state index contributed by atoms with van der Waals surface area (Å²) in [6.45, 7) is 6.29. The Bertz CT molecular complexity index is 1330. The SMILES string of the molecule is CCOC(=O)CCn1ncc2cc(-c3noc(-c4cnc(OC(C)C)c(C#N)c4)n3)ccc21. The summed E-state index contributed by atoms with van der Waals surface area (Å²) in [6, 6.07) is 9.34. The summed E-state index contributed by atoms with van der Waals surface area (Å²) in [4.78, 5) is 20.3. The standard InChI is InChI=1S/C23H22N6O4/c1-4-31-20(30)7-8-29-19-6-5-15(9-17(19)13-26-29)21-27-23(33-28-21)18-10-16(11-24)22(25-12-18)32-14(2)3/h5-6,9-10,12-14H,4,7-8H2,1-3H3. The van der Waals surface area contributed by atoms with Gasteiger partial charge in [0.2, 0.25) is 11.7 Å². The molecule has 0 unspecified atom stereocenters. The first-order valence-electron chi connectivity index (χ1n) is 10.5. The lowest BCUT2D eigenvalue weighted by Gasteiger charge is -2.09. The van der Waals surface area contributed by atoms with Gasteiger partial charge in [-0.25, -0.2) is 4.98 Å². The highest BCUT2D eigenvalue weighted by molar-refractivity contribution is 5.83. The summed E-state index contributed by atoms with van der Waals surface area (Å²) in [5.41, 5.74) is 2.44. The summed E-state index contributed by atoms with van der Waals surface area (Å²) in [5.74, 6) is 0.652. The predicted octanol–water partition coefficient (Wildman–Crippen LogP) is 3.76. The minimum atomic E-state index is -0.255. The van der Waals surface area contributed by atoms with E-state index in [9.17, 15) is 10.1 Å². The van der Waals surface area contributed by atoms with Crippen molar-refractivity contribution in [3.8, 4) is 34.8 Å². The predicted molar refractivity (Wildman–Crippen MR) is 118 cm³/mol. The topological polar surface area (TPSA) is 129 Å². The van der Waals surface area contributed by atoms with Crippen LogP contribution >= 0.6 is 0 Å². The fourth-order valence-corrected chi connectivity index (χ4v) is 3.26. The molecule has 0 aliphatic rings. The van der Waals surface area contributed by atoms with Crippen molar-refractivity contribution in [2.24, 2.45) is 0 Å². The van der Waals surface area contributed by atoms with E-state index in [1.54, 1.807) is 23.9 Å². The molecule has 0 atom stereocenters. The van der Waals surface area contributed by atoms with Crippen molar-refractivity contribution in [2.75, 3.05) is 6.61 Å². The molecule has 4 rings (SSSR count). The Morgan fingerprint density at radius 2 is 2.09 bits per heavy atom. The number of hydrogen-bond donors (Lipinski definition) is 0. The van der Waals surface area contributed by atoms with E-state index in [2.05, 4.69) is 26.3 Å². The van der Waals surface area contributed by atoms with Gasteiger partial charge in [0.1, 0.15) is 11.6 Å². The second kappa shape index (κ2) is 9.48. The molecule has 0 saturated heterocycles. The number of carbonyl (C=O) groups excluding carboxylic acids is 1. The van der Waals surface area contributed by atoms with Crippen LogP contribution in [0.3, 0.4) is 0 Å². The van der Waals surface area contributed by atoms with E-state index in [1.165, 1.54) is 6.20 Å². The van der Waals surface area contributed by atoms with Crippen molar-refractivity contribution < 1.29 is 18.8 Å². The van der Waals surface area contributed by atoms with Crippen molar-refractivity contribution in [1.29, 1.82) is 5.26 Å². The molecule has 4 aromatic rings. The van der Waals surface area contributed by atoms with E-state index >= 15 is 0 Å². The summed E-state index contributed by atoms with van der Waals surface area (Å²) in [5, 5.41) is 18.7. The average Bonchev–Trinajstić information content (AvgIpc) is 3.45. The first-order chi connectivity index (χ1) is 16.0. The lowest BCUT2D eigenvalue weighted by Crippen LogP contribution is -2.09. The van der Waals surface area contributed by atoms with Gasteiger partial charge in [0.25, 0.3) is 5.89 Å². The maximum absolute atomic E-state index is 11.6. The Balaban J connectivity index is 1.55. The van der Waals surface area contributed by atoms with Gasteiger partial charge in [-0.1, -0.05) is 5.16 Å². The first-order valence-corrected chi connectivity index (χ1v) is 10.5. The molecule has 0 aliphatic heterocycles. The molecule has 0 radical (unpaired) electrons. The lowest BCUT2D eigenvalue weighted by molar-refractivity contribution is -0.143. The van der Waals surface area contributed by atoms with Crippen LogP contribution in [-0.4, -0.2) is 43.6 Å². The number of aryl methyl sites for hydroxylation is 1. The Labute approximate surface area is 189 Å². The maximum Gasteiger partial charge on any atom is 0.307 e. The van der Waals surface area contributed by atoms with Gasteiger partial charge < -0.3 is 14.0 Å². The van der Waals surface area contributed by atoms with E-state index in [1.807, 2.05) is 32.0 Å². The zero-order valence-corrected chi connectivity index (χ0v) is 18.5. The Hall–Kier alpha value is -4.26. The molecular weight excluding hydrogens is 424 g/mol. The van der Waals surface area contributed by atoms with Gasteiger partial charge in [-0.15, -0.1) is 0 Å². The molecule has 10 heteroatoms. The molecule has 3 heterocycles. The van der Waals surface area contributed by atoms with Gasteiger partial charge >= 0.3 is 5.97 Å². The van der Waals surface area contributed by atoms with Crippen LogP contribution in [0.25, 0.3) is 33.7 Å². The molecule has 0 aliphatic carbocycles. The number of fused-ring (bicyclic) bond motifs is 1. The average molecular weight is 446 g/mol. The molecule has 0 spiro atoms. The number of hydrogen-bond acceptors (Lipinski definition) is 9. The Morgan fingerprint density at radius 3 is 2.85 bits per heavy atom. The van der Waals surface area contributed by atoms with E-state index in [0.29, 0.717) is 24.5 Å². The van der Waals surface area contributed by atoms with Gasteiger partial charge in [0, 0.05) is 17.1 Å². The third kappa shape index (κ3) is 4.82. The van der Waals surface area contributed by atoms with Crippen molar-refractivity contribution in [3.63, 3.8) is 0 Å². The van der Waals surface area contributed by atoms with Gasteiger partial charge in [0.05, 0.1) is 43.0 Å². The number of nitrogens with zero attached hydrogens (tertiary/aromatic N) is 6. The maximum atomic E-state index is 11.6. The number of esters is 1. The zero-order valence-electron chi connectivity index (χ0n) is 18.5. The summed E-state index contributed by atoms with van der Waals surface area (Å²) in [7, 11) is 0. The van der Waals surface area contributed by atoms with E-state index in [-0.39, 0.29) is 35.8 Å². The second-order valence-corrected chi connectivity index (χ2v) is 7.47. The largest absolute Gasteiger partial charge is 0.474 e. The van der Waals surface area contributed by atoms with Gasteiger partial charge in [-0.05, 0) is 45.0 Å². The molecule has 33 heavy (non-hydrogen) atoms. The molecular formula is C23H22N6O4. The quantitative estimate of drug-likeness (QED) is 0.371. The zero-order chi connectivity index (χ0) is 23.4. The molecule has 0 saturated carbocycles. The van der Waals surface area contributed by atoms with E-state index in [4.69, 9.17) is 14.0 Å². The van der Waals surface area contributed by atoms with E-state index in [0.717, 1.165) is 16.5 Å². The minimum absolute atomic E-state index is 0.102. The van der Waals surface area contributed by atoms with Crippen LogP contribution < -0.4 is 4.74 Å². The summed E-state index contributed by atoms with van der Waals surface area (Å²) >= 11 is 0. The fraction of sp³-hybridized carbons (Fsp3) is 0.304. The van der Waals surface area contributed by atoms with Crippen LogP contribution in [0.1, 0.15) is 32.8 Å². The molecule has 1 aromatic carbocycles. The highest BCUT2D eigenvalue weighted by Crippen LogP contribution is 2.27. The van der Waals surface area contributed by atoms with Gasteiger partial charge in [-0.3, -0.25) is 9.48 Å². The number of carbonyl (C=O) groups is 1. The Morgan fingerprint density at radius 1 is 1.24 bits per heavy atom. The third-order valence-corrected chi connectivity index (χ3v) is 4.72. The number of nitriles is 1. The smallest absolute Gasteiger partial charge is 0.307 e. The van der Waals surface area contributed by atoms with Crippen LogP contribution in [0.2, 0.25) is 0 Å². The number of rotatable bonds is 8. The number of benzene rings is 1. The molecule has 0 amide bonds. The van der Waals surface area contributed by atoms with Gasteiger partial charge in [-0.2, -0.15) is 15.3 Å². The summed E-state index contributed by atoms with van der Waals surface area (Å²) in [6.07, 6.45) is 3.41. The molecule has 3 aromatic heterocycles. The van der Waals surface area contributed by atoms with Crippen LogP contribution in [0, 0.1) is 11.3 Å². The highest BCUT2D eigenvalue weighted by atomic mass is 16.5. The van der Waals surface area contributed by atoms with Crippen molar-refractivity contribution >= 4 is 16.9 Å². The van der Waals surface area contributed by atoms with Crippen LogP contribution in [0.5, 0.6) is 5.88 Å². The molecule has 168 valence electrons. The van der Waals surface area contributed by atoms with Crippen LogP contribution in [0.15, 0.2) is 41.2 Å². The third-order valence-electron chi connectivity index (χ3n) is 4.72. The number of ether oxygens (including phenoxy) is 2. The molecule has 10 nitrogen and oxygen atoms in total. The lowest BCUT2D eigenvalue weighted by atomic mass is 10.1. The summed E-state index contributed by atoms with van der Waals surface area (Å²) < 4.78 is 17.7. The monoisotopic (exact) mass is 446 g/mol. The number of pyridine rings is 1. The highest BCUT2D eigenvalue weighted by Gasteiger charge is 2.16. The van der Waals surface area contributed by atoms with Crippen molar-refractivity contribution in [2.45, 2.75) is 39.8 Å². The molecule has 0 N–H and O–H groups in total.